The third kappa shape index (κ3) is 2.75. The molecule has 3 N–H and O–H groups in total. The number of halogens is 1. The van der Waals surface area contributed by atoms with Crippen LogP contribution in [0.1, 0.15) is 28.1 Å². The second-order valence-electron chi connectivity index (χ2n) is 7.64. The summed E-state index contributed by atoms with van der Waals surface area (Å²) in [5.41, 5.74) is 5.44. The predicted molar refractivity (Wildman–Crippen MR) is 106 cm³/mol. The largest absolute Gasteiger partial charge is 0.494 e. The average Bonchev–Trinajstić information content (AvgIpc) is 3.37. The fraction of sp³-hybridized carbons (Fsp3) is 0.238. The van der Waals surface area contributed by atoms with E-state index in [0.717, 1.165) is 0 Å². The molecule has 158 valence electrons. The second-order valence-corrected chi connectivity index (χ2v) is 7.64. The maximum atomic E-state index is 14.7. The van der Waals surface area contributed by atoms with E-state index in [1.807, 2.05) is 0 Å². The van der Waals surface area contributed by atoms with E-state index in [2.05, 4.69) is 10.3 Å². The number of rotatable bonds is 4. The van der Waals surface area contributed by atoms with Crippen LogP contribution in [0.2, 0.25) is 0 Å². The molecular formula is C21H17FN4O5. The number of imide groups is 1. The molecule has 1 saturated heterocycles. The van der Waals surface area contributed by atoms with Crippen LogP contribution in [-0.2, 0) is 21.5 Å². The van der Waals surface area contributed by atoms with Gasteiger partial charge < -0.3 is 19.8 Å². The van der Waals surface area contributed by atoms with Gasteiger partial charge in [-0.25, -0.2) is 9.37 Å². The molecule has 1 aromatic carbocycles. The number of anilines is 1. The van der Waals surface area contributed by atoms with Crippen LogP contribution in [-0.4, -0.2) is 41.3 Å². The molecular weight excluding hydrogens is 407 g/mol. The van der Waals surface area contributed by atoms with Gasteiger partial charge in [-0.2, -0.15) is 0 Å². The summed E-state index contributed by atoms with van der Waals surface area (Å²) in [4.78, 5) is 43.6. The van der Waals surface area contributed by atoms with Crippen LogP contribution in [0.5, 0.6) is 5.75 Å². The van der Waals surface area contributed by atoms with E-state index >= 15 is 0 Å². The summed E-state index contributed by atoms with van der Waals surface area (Å²) >= 11 is 0. The number of nitrogens with one attached hydrogen (secondary N) is 1. The number of carbonyl (C=O) groups is 3. The van der Waals surface area contributed by atoms with Gasteiger partial charge >= 0.3 is 0 Å². The number of aromatic nitrogens is 1. The number of benzene rings is 1. The minimum Gasteiger partial charge on any atom is -0.494 e. The summed E-state index contributed by atoms with van der Waals surface area (Å²) < 4.78 is 25.5. The van der Waals surface area contributed by atoms with Crippen molar-refractivity contribution in [2.24, 2.45) is 0 Å². The van der Waals surface area contributed by atoms with Crippen molar-refractivity contribution in [1.29, 1.82) is 0 Å². The lowest BCUT2D eigenvalue weighted by Gasteiger charge is -2.28. The Balaban J connectivity index is 1.56. The van der Waals surface area contributed by atoms with Gasteiger partial charge in [0.05, 0.1) is 19.1 Å². The zero-order valence-electron chi connectivity index (χ0n) is 16.4. The second kappa shape index (κ2) is 6.53. The minimum atomic E-state index is -1.47. The zero-order chi connectivity index (χ0) is 21.9. The molecule has 0 radical (unpaired) electrons. The molecule has 2 aliphatic rings. The van der Waals surface area contributed by atoms with E-state index in [1.165, 1.54) is 18.1 Å². The molecule has 0 aliphatic carbocycles. The van der Waals surface area contributed by atoms with Crippen molar-refractivity contribution >= 4 is 34.6 Å². The lowest BCUT2D eigenvalue weighted by Crippen LogP contribution is -2.46. The van der Waals surface area contributed by atoms with Gasteiger partial charge in [0.15, 0.2) is 17.1 Å². The first-order valence-electron chi connectivity index (χ1n) is 9.48. The molecule has 5 rings (SSSR count). The van der Waals surface area contributed by atoms with Crippen molar-refractivity contribution < 1.29 is 27.9 Å². The van der Waals surface area contributed by atoms with Crippen molar-refractivity contribution in [1.82, 2.24) is 15.2 Å². The normalized spacial score (nSPS) is 20.5. The van der Waals surface area contributed by atoms with Crippen molar-refractivity contribution in [3.05, 3.63) is 53.0 Å². The fourth-order valence-corrected chi connectivity index (χ4v) is 4.23. The zero-order valence-corrected chi connectivity index (χ0v) is 16.4. The van der Waals surface area contributed by atoms with Crippen LogP contribution in [0.4, 0.5) is 10.2 Å². The monoisotopic (exact) mass is 424 g/mol. The lowest BCUT2D eigenvalue weighted by atomic mass is 9.82. The first-order chi connectivity index (χ1) is 14.8. The summed E-state index contributed by atoms with van der Waals surface area (Å²) in [5, 5.41) is 2.29. The Hall–Kier alpha value is -3.95. The number of nitrogens with zero attached hydrogens (tertiary/aromatic N) is 2. The molecule has 4 heterocycles. The first-order valence-corrected chi connectivity index (χ1v) is 9.48. The molecule has 0 saturated carbocycles. The number of carbonyl (C=O) groups excluding carboxylic acids is 3. The highest BCUT2D eigenvalue weighted by Crippen LogP contribution is 2.39. The van der Waals surface area contributed by atoms with Crippen molar-refractivity contribution in [3.8, 4) is 5.75 Å². The van der Waals surface area contributed by atoms with Gasteiger partial charge in [0.25, 0.3) is 5.91 Å². The standard InChI is InChI=1S/C21H17FN4O5/c1-30-13-3-2-10-8-26(19(28)17(10)18(13)22)9-21(7-16(27)25-20(21)29)14-6-11-12(31-14)4-5-15(23)24-11/h2-6H,7-9H2,1H3,(H2,23,24)(H,25,27,29)/t21-/m1/s1. The molecule has 2 aromatic heterocycles. The maximum absolute atomic E-state index is 14.7. The summed E-state index contributed by atoms with van der Waals surface area (Å²) in [5.74, 6) is -2.01. The van der Waals surface area contributed by atoms with Crippen molar-refractivity contribution in [2.45, 2.75) is 18.4 Å². The number of hydrogen-bond acceptors (Lipinski definition) is 7. The first kappa shape index (κ1) is 19.0. The maximum Gasteiger partial charge on any atom is 0.257 e. The molecule has 3 aromatic rings. The van der Waals surface area contributed by atoms with Crippen molar-refractivity contribution in [3.63, 3.8) is 0 Å². The number of hydrogen-bond donors (Lipinski definition) is 2. The summed E-state index contributed by atoms with van der Waals surface area (Å²) in [6.45, 7) is -0.0845. The highest BCUT2D eigenvalue weighted by molar-refractivity contribution is 6.10. The number of nitrogens with two attached hydrogens (primary N) is 1. The Morgan fingerprint density at radius 1 is 1.29 bits per heavy atom. The van der Waals surface area contributed by atoms with Crippen LogP contribution in [0.3, 0.4) is 0 Å². The third-order valence-electron chi connectivity index (χ3n) is 5.75. The molecule has 0 unspecified atom stereocenters. The Morgan fingerprint density at radius 2 is 2.10 bits per heavy atom. The van der Waals surface area contributed by atoms with Gasteiger partial charge in [-0.15, -0.1) is 0 Å². The molecule has 3 amide bonds. The van der Waals surface area contributed by atoms with E-state index in [-0.39, 0.29) is 42.4 Å². The number of pyridine rings is 1. The van der Waals surface area contributed by atoms with Crippen LogP contribution >= 0.6 is 0 Å². The number of nitrogen functional groups attached to an aromatic ring is 1. The molecule has 9 nitrogen and oxygen atoms in total. The number of furan rings is 1. The molecule has 10 heteroatoms. The average molecular weight is 424 g/mol. The molecule has 2 aliphatic heterocycles. The van der Waals surface area contributed by atoms with Crippen LogP contribution in [0.15, 0.2) is 34.7 Å². The van der Waals surface area contributed by atoms with Crippen LogP contribution in [0.25, 0.3) is 11.1 Å². The molecule has 31 heavy (non-hydrogen) atoms. The summed E-state index contributed by atoms with van der Waals surface area (Å²) in [6, 6.07) is 7.76. The molecule has 0 bridgehead atoms. The quantitative estimate of drug-likeness (QED) is 0.608. The third-order valence-corrected chi connectivity index (χ3v) is 5.75. The van der Waals surface area contributed by atoms with E-state index in [4.69, 9.17) is 14.9 Å². The Labute approximate surface area is 175 Å². The molecule has 1 fully saturated rings. The van der Waals surface area contributed by atoms with Gasteiger partial charge in [0.2, 0.25) is 11.8 Å². The highest BCUT2D eigenvalue weighted by atomic mass is 19.1. The molecule has 1 atom stereocenters. The summed E-state index contributed by atoms with van der Waals surface area (Å²) in [7, 11) is 1.31. The minimum absolute atomic E-state index is 0.0432. The SMILES string of the molecule is COc1ccc2c(c1F)C(=O)N(C[C@@]1(c3cc4nc(N)ccc4o3)CC(=O)NC1=O)C2. The number of amides is 3. The Bertz CT molecular complexity index is 1290. The Kier molecular flexibility index (Phi) is 4.01. The van der Waals surface area contributed by atoms with Crippen LogP contribution in [0, 0.1) is 5.82 Å². The van der Waals surface area contributed by atoms with E-state index in [9.17, 15) is 18.8 Å². The number of ether oxygens (including phenoxy) is 1. The van der Waals surface area contributed by atoms with Gasteiger partial charge in [0, 0.05) is 19.2 Å². The fourth-order valence-electron chi connectivity index (χ4n) is 4.23. The smallest absolute Gasteiger partial charge is 0.257 e. The Morgan fingerprint density at radius 3 is 2.81 bits per heavy atom. The van der Waals surface area contributed by atoms with Crippen LogP contribution < -0.4 is 15.8 Å². The number of methoxy groups -OCH3 is 1. The van der Waals surface area contributed by atoms with Gasteiger partial charge in [0.1, 0.15) is 22.5 Å². The predicted octanol–water partition coefficient (Wildman–Crippen LogP) is 1.50. The van der Waals surface area contributed by atoms with Gasteiger partial charge in [-0.3, -0.25) is 19.7 Å². The molecule has 0 spiro atoms. The van der Waals surface area contributed by atoms with Gasteiger partial charge in [-0.05, 0) is 23.8 Å². The lowest BCUT2D eigenvalue weighted by molar-refractivity contribution is -0.126. The van der Waals surface area contributed by atoms with Gasteiger partial charge in [-0.1, -0.05) is 6.07 Å². The topological polar surface area (TPSA) is 128 Å². The van der Waals surface area contributed by atoms with E-state index in [0.29, 0.717) is 16.7 Å². The number of fused-ring (bicyclic) bond motifs is 2. The van der Waals surface area contributed by atoms with E-state index < -0.39 is 29.0 Å². The van der Waals surface area contributed by atoms with E-state index in [1.54, 1.807) is 24.3 Å². The van der Waals surface area contributed by atoms with Crippen molar-refractivity contribution in [2.75, 3.05) is 19.4 Å². The summed E-state index contributed by atoms with van der Waals surface area (Å²) in [6.07, 6.45) is -0.215. The highest BCUT2D eigenvalue weighted by Gasteiger charge is 2.53.